The maximum absolute atomic E-state index is 13.1. The molecule has 0 fully saturated rings. The van der Waals surface area contributed by atoms with E-state index in [9.17, 15) is 9.59 Å². The number of aromatic amines is 1. The van der Waals surface area contributed by atoms with Gasteiger partial charge in [-0.2, -0.15) is 0 Å². The van der Waals surface area contributed by atoms with Crippen LogP contribution in [-0.4, -0.2) is 47.0 Å². The van der Waals surface area contributed by atoms with Gasteiger partial charge < -0.3 is 20.1 Å². The van der Waals surface area contributed by atoms with Gasteiger partial charge in [-0.1, -0.05) is 37.6 Å². The summed E-state index contributed by atoms with van der Waals surface area (Å²) in [4.78, 5) is 33.1. The highest BCUT2D eigenvalue weighted by Crippen LogP contribution is 2.20. The molecule has 2 aromatic carbocycles. The monoisotopic (exact) mass is 468 g/mol. The molecule has 0 radical (unpaired) electrons. The third-order valence-electron chi connectivity index (χ3n) is 6.17. The number of benzene rings is 2. The Balaban J connectivity index is 1.84. The highest BCUT2D eigenvalue weighted by molar-refractivity contribution is 6.30. The Labute approximate surface area is 200 Å². The Morgan fingerprint density at radius 1 is 1.03 bits per heavy atom. The number of carbonyl (C=O) groups excluding carboxylic acids is 1. The molecule has 1 heterocycles. The summed E-state index contributed by atoms with van der Waals surface area (Å²) in [5.74, 6) is 0. The largest absolute Gasteiger partial charge is 0.322 e. The fraction of sp³-hybridized carbons (Fsp3) is 0.385. The van der Waals surface area contributed by atoms with Gasteiger partial charge in [0.25, 0.3) is 5.56 Å². The van der Waals surface area contributed by atoms with E-state index in [1.165, 1.54) is 0 Å². The first kappa shape index (κ1) is 24.8. The number of aryl methyl sites for hydroxylation is 2. The van der Waals surface area contributed by atoms with Gasteiger partial charge in [0.15, 0.2) is 0 Å². The summed E-state index contributed by atoms with van der Waals surface area (Å²) in [6, 6.07) is 12.7. The molecule has 0 saturated carbocycles. The Kier molecular flexibility index (Phi) is 8.53. The summed E-state index contributed by atoms with van der Waals surface area (Å²) in [5, 5.41) is 4.51. The predicted molar refractivity (Wildman–Crippen MR) is 137 cm³/mol. The maximum Gasteiger partial charge on any atom is 0.322 e. The Bertz CT molecular complexity index is 1150. The normalized spacial score (nSPS) is 11.2. The molecule has 3 rings (SSSR count). The average Bonchev–Trinajstić information content (AvgIpc) is 2.80. The molecule has 0 bridgehead atoms. The van der Waals surface area contributed by atoms with Crippen LogP contribution < -0.4 is 10.9 Å². The topological polar surface area (TPSA) is 68.4 Å². The molecule has 1 aromatic heterocycles. The van der Waals surface area contributed by atoms with Gasteiger partial charge in [-0.15, -0.1) is 0 Å². The smallest absolute Gasteiger partial charge is 0.321 e. The van der Waals surface area contributed by atoms with Crippen molar-refractivity contribution in [3.8, 4) is 0 Å². The molecule has 6 nitrogen and oxygen atoms in total. The molecule has 7 heteroatoms. The van der Waals surface area contributed by atoms with Crippen molar-refractivity contribution < 1.29 is 4.79 Å². The molecule has 0 saturated heterocycles. The van der Waals surface area contributed by atoms with Crippen molar-refractivity contribution >= 4 is 34.2 Å². The Morgan fingerprint density at radius 3 is 2.39 bits per heavy atom. The first-order chi connectivity index (χ1) is 15.8. The number of hydrogen-bond acceptors (Lipinski definition) is 3. The number of aromatic nitrogens is 1. The van der Waals surface area contributed by atoms with E-state index in [0.717, 1.165) is 48.1 Å². The molecule has 2 N–H and O–H groups in total. The molecule has 0 aliphatic carbocycles. The van der Waals surface area contributed by atoms with Gasteiger partial charge >= 0.3 is 6.03 Å². The summed E-state index contributed by atoms with van der Waals surface area (Å²) >= 11 is 5.96. The fourth-order valence-electron chi connectivity index (χ4n) is 3.91. The number of rotatable bonds is 9. The van der Waals surface area contributed by atoms with Gasteiger partial charge in [-0.25, -0.2) is 4.79 Å². The van der Waals surface area contributed by atoms with E-state index >= 15 is 0 Å². The maximum atomic E-state index is 13.1. The van der Waals surface area contributed by atoms with Gasteiger partial charge in [0.2, 0.25) is 0 Å². The number of carbonyl (C=O) groups is 1. The molecule has 176 valence electrons. The van der Waals surface area contributed by atoms with Crippen LogP contribution in [0.2, 0.25) is 5.02 Å². The minimum atomic E-state index is -0.239. The van der Waals surface area contributed by atoms with Crippen LogP contribution in [0.3, 0.4) is 0 Å². The van der Waals surface area contributed by atoms with Crippen molar-refractivity contribution in [1.82, 2.24) is 14.8 Å². The average molecular weight is 469 g/mol. The van der Waals surface area contributed by atoms with E-state index in [4.69, 9.17) is 11.6 Å². The zero-order valence-corrected chi connectivity index (χ0v) is 20.6. The van der Waals surface area contributed by atoms with Crippen LogP contribution in [0.25, 0.3) is 10.9 Å². The van der Waals surface area contributed by atoms with Crippen LogP contribution in [0.1, 0.15) is 37.0 Å². The quantitative estimate of drug-likeness (QED) is 0.431. The second kappa shape index (κ2) is 11.3. The number of pyridine rings is 1. The second-order valence-corrected chi connectivity index (χ2v) is 8.77. The van der Waals surface area contributed by atoms with Crippen LogP contribution in [0, 0.1) is 13.8 Å². The minimum absolute atomic E-state index is 0.163. The lowest BCUT2D eigenvalue weighted by molar-refractivity contribution is 0.202. The zero-order chi connectivity index (χ0) is 24.0. The molecule has 2 amide bonds. The second-order valence-electron chi connectivity index (χ2n) is 8.33. The van der Waals surface area contributed by atoms with E-state index < -0.39 is 0 Å². The van der Waals surface area contributed by atoms with Crippen molar-refractivity contribution in [2.24, 2.45) is 0 Å². The lowest BCUT2D eigenvalue weighted by Gasteiger charge is -2.25. The number of fused-ring (bicyclic) bond motifs is 1. The van der Waals surface area contributed by atoms with E-state index in [1.54, 1.807) is 29.2 Å². The predicted octanol–water partition coefficient (Wildman–Crippen LogP) is 5.56. The van der Waals surface area contributed by atoms with E-state index in [0.29, 0.717) is 22.8 Å². The van der Waals surface area contributed by atoms with Gasteiger partial charge in [-0.3, -0.25) is 4.79 Å². The zero-order valence-electron chi connectivity index (χ0n) is 19.9. The molecule has 0 spiro atoms. The summed E-state index contributed by atoms with van der Waals surface area (Å²) in [6.07, 6.45) is 0.819. The number of amides is 2. The van der Waals surface area contributed by atoms with Gasteiger partial charge in [0, 0.05) is 22.8 Å². The van der Waals surface area contributed by atoms with Crippen LogP contribution in [-0.2, 0) is 6.54 Å². The molecule has 33 heavy (non-hydrogen) atoms. The number of anilines is 1. The number of urea groups is 1. The highest BCUT2D eigenvalue weighted by atomic mass is 35.5. The molecule has 0 unspecified atom stereocenters. The highest BCUT2D eigenvalue weighted by Gasteiger charge is 2.17. The van der Waals surface area contributed by atoms with E-state index in [-0.39, 0.29) is 18.1 Å². The SMILES string of the molecule is CCN(CC)CCCN(Cc1cc2ccc(C)c(C)c2[nH]c1=O)C(=O)Nc1ccc(Cl)cc1. The molecular weight excluding hydrogens is 436 g/mol. The minimum Gasteiger partial charge on any atom is -0.321 e. The number of nitrogens with one attached hydrogen (secondary N) is 2. The van der Waals surface area contributed by atoms with Crippen molar-refractivity contribution in [3.63, 3.8) is 0 Å². The molecule has 0 aliphatic rings. The summed E-state index contributed by atoms with van der Waals surface area (Å²) < 4.78 is 0. The summed E-state index contributed by atoms with van der Waals surface area (Å²) in [5.41, 5.74) is 4.11. The van der Waals surface area contributed by atoms with Crippen molar-refractivity contribution in [1.29, 1.82) is 0 Å². The van der Waals surface area contributed by atoms with Crippen LogP contribution in [0.5, 0.6) is 0 Å². The molecular formula is C26H33ClN4O2. The molecule has 0 atom stereocenters. The van der Waals surface area contributed by atoms with Crippen LogP contribution >= 0.6 is 11.6 Å². The third kappa shape index (κ3) is 6.36. The lowest BCUT2D eigenvalue weighted by Crippen LogP contribution is -2.38. The van der Waals surface area contributed by atoms with Gasteiger partial charge in [0.05, 0.1) is 12.1 Å². The van der Waals surface area contributed by atoms with Crippen molar-refractivity contribution in [3.05, 3.63) is 74.5 Å². The third-order valence-corrected chi connectivity index (χ3v) is 6.42. The van der Waals surface area contributed by atoms with Gasteiger partial charge in [0.1, 0.15) is 0 Å². The fourth-order valence-corrected chi connectivity index (χ4v) is 4.03. The molecule has 0 aliphatic heterocycles. The number of nitrogens with zero attached hydrogens (tertiary/aromatic N) is 2. The van der Waals surface area contributed by atoms with Gasteiger partial charge in [-0.05, 0) is 86.7 Å². The first-order valence-electron chi connectivity index (χ1n) is 11.5. The van der Waals surface area contributed by atoms with Crippen LogP contribution in [0.4, 0.5) is 10.5 Å². The lowest BCUT2D eigenvalue weighted by atomic mass is 10.0. The summed E-state index contributed by atoms with van der Waals surface area (Å²) in [6.45, 7) is 11.9. The van der Waals surface area contributed by atoms with Crippen LogP contribution in [0.15, 0.2) is 47.3 Å². The number of hydrogen-bond donors (Lipinski definition) is 2. The Morgan fingerprint density at radius 2 is 1.73 bits per heavy atom. The van der Waals surface area contributed by atoms with Crippen molar-refractivity contribution in [2.75, 3.05) is 31.5 Å². The number of halogens is 1. The summed E-state index contributed by atoms with van der Waals surface area (Å²) in [7, 11) is 0. The van der Waals surface area contributed by atoms with E-state index in [1.807, 2.05) is 26.0 Å². The number of H-pyrrole nitrogens is 1. The molecule has 3 aromatic rings. The Hall–Kier alpha value is -2.83. The van der Waals surface area contributed by atoms with E-state index in [2.05, 4.69) is 35.1 Å². The van der Waals surface area contributed by atoms with Crippen molar-refractivity contribution in [2.45, 2.75) is 40.7 Å². The standard InChI is InChI=1S/C26H33ClN4O2/c1-5-30(6-2)14-7-15-31(26(33)28-23-12-10-22(27)11-13-23)17-21-16-20-9-8-18(3)19(4)24(20)29-25(21)32/h8-13,16H,5-7,14-15,17H2,1-4H3,(H,28,33)(H,29,32). The first-order valence-corrected chi connectivity index (χ1v) is 11.9.